The van der Waals surface area contributed by atoms with E-state index in [1.165, 1.54) is 12.4 Å². The number of hydrogen-bond donors (Lipinski definition) is 0. The second-order valence-electron chi connectivity index (χ2n) is 3.96. The monoisotopic (exact) mass is 275 g/mol. The Bertz CT molecular complexity index is 599. The van der Waals surface area contributed by atoms with Crippen LogP contribution in [-0.4, -0.2) is 22.4 Å². The number of benzene rings is 1. The van der Waals surface area contributed by atoms with Crippen molar-refractivity contribution in [1.82, 2.24) is 4.98 Å². The van der Waals surface area contributed by atoms with Crippen LogP contribution in [0.3, 0.4) is 0 Å². The van der Waals surface area contributed by atoms with Gasteiger partial charge in [0.05, 0.1) is 12.1 Å². The van der Waals surface area contributed by atoms with E-state index in [0.717, 1.165) is 0 Å². The van der Waals surface area contributed by atoms with Gasteiger partial charge in [-0.1, -0.05) is 30.3 Å². The highest BCUT2D eigenvalue weighted by molar-refractivity contribution is 6.30. The van der Waals surface area contributed by atoms with E-state index >= 15 is 0 Å². The molecule has 0 aliphatic carbocycles. The van der Waals surface area contributed by atoms with Crippen LogP contribution >= 0.6 is 11.6 Å². The van der Waals surface area contributed by atoms with E-state index in [2.05, 4.69) is 4.98 Å². The fraction of sp³-hybridized carbons (Fsp3) is 0.143. The molecule has 0 spiro atoms. The maximum absolute atomic E-state index is 12.0. The molecule has 0 saturated heterocycles. The summed E-state index contributed by atoms with van der Waals surface area (Å²) >= 11 is 5.47. The predicted octanol–water partition coefficient (Wildman–Crippen LogP) is 1.67. The number of aromatic nitrogens is 2. The number of hydrogen-bond acceptors (Lipinski definition) is 3. The molecule has 0 atom stereocenters. The van der Waals surface area contributed by atoms with E-state index < -0.39 is 0 Å². The Balaban J connectivity index is 2.16. The first kappa shape index (κ1) is 13.4. The van der Waals surface area contributed by atoms with Gasteiger partial charge in [-0.05, 0) is 0 Å². The normalized spacial score (nSPS) is 10.2. The van der Waals surface area contributed by atoms with Crippen molar-refractivity contribution >= 4 is 23.2 Å². The standard InChI is InChI=1S/C14H12ClN2O2/c15-8-13(18)12-9-17(7-6-16-12)10-14(19)11-4-2-1-3-5-11/h1-7,9H,8,10H2/q+1. The largest absolute Gasteiger partial charge is 0.291 e. The minimum Gasteiger partial charge on any atom is -0.291 e. The maximum Gasteiger partial charge on any atom is 0.227 e. The summed E-state index contributed by atoms with van der Waals surface area (Å²) in [6.45, 7) is 0.162. The quantitative estimate of drug-likeness (QED) is 0.474. The van der Waals surface area contributed by atoms with Crippen molar-refractivity contribution in [2.24, 2.45) is 0 Å². The van der Waals surface area contributed by atoms with Crippen LogP contribution in [0.25, 0.3) is 0 Å². The molecule has 0 unspecified atom stereocenters. The van der Waals surface area contributed by atoms with Gasteiger partial charge in [-0.25, -0.2) is 4.98 Å². The van der Waals surface area contributed by atoms with Gasteiger partial charge in [0, 0.05) is 5.56 Å². The minimum absolute atomic E-state index is 0.0268. The Morgan fingerprint density at radius 2 is 1.89 bits per heavy atom. The summed E-state index contributed by atoms with van der Waals surface area (Å²) in [5.41, 5.74) is 0.899. The highest BCUT2D eigenvalue weighted by Crippen LogP contribution is 2.00. The number of carbonyl (C=O) groups excluding carboxylic acids is 2. The van der Waals surface area contributed by atoms with Crippen LogP contribution in [0.15, 0.2) is 48.9 Å². The molecule has 1 heterocycles. The third-order valence-electron chi connectivity index (χ3n) is 2.59. The first-order valence-electron chi connectivity index (χ1n) is 5.73. The first-order chi connectivity index (χ1) is 9.20. The Labute approximate surface area is 115 Å². The number of Topliss-reactive ketones (excluding diaryl/α,β-unsaturated/α-hetero) is 2. The van der Waals surface area contributed by atoms with Crippen LogP contribution in [0, 0.1) is 0 Å². The van der Waals surface area contributed by atoms with Gasteiger partial charge in [-0.15, -0.1) is 11.6 Å². The number of halogens is 1. The minimum atomic E-state index is -0.261. The molecule has 0 amide bonds. The van der Waals surface area contributed by atoms with E-state index in [9.17, 15) is 9.59 Å². The topological polar surface area (TPSA) is 50.9 Å². The highest BCUT2D eigenvalue weighted by atomic mass is 35.5. The molecule has 0 aliphatic heterocycles. The van der Waals surface area contributed by atoms with E-state index in [1.807, 2.05) is 18.2 Å². The number of carbonyl (C=O) groups is 2. The fourth-order valence-electron chi connectivity index (χ4n) is 1.62. The smallest absolute Gasteiger partial charge is 0.227 e. The van der Waals surface area contributed by atoms with Crippen LogP contribution in [-0.2, 0) is 6.54 Å². The van der Waals surface area contributed by atoms with Crippen molar-refractivity contribution in [1.29, 1.82) is 0 Å². The van der Waals surface area contributed by atoms with Crippen molar-refractivity contribution in [3.8, 4) is 0 Å². The molecule has 2 aromatic rings. The van der Waals surface area contributed by atoms with Gasteiger partial charge in [-0.2, -0.15) is 4.57 Å². The average molecular weight is 276 g/mol. The molecular formula is C14H12ClN2O2+. The molecule has 0 radical (unpaired) electrons. The van der Waals surface area contributed by atoms with Crippen LogP contribution in [0.1, 0.15) is 20.8 Å². The molecule has 0 bridgehead atoms. The van der Waals surface area contributed by atoms with Crippen LogP contribution in [0.2, 0.25) is 0 Å². The SMILES string of the molecule is O=C(C[n+]1ccnc(C(=O)CCl)c1)c1ccccc1. The zero-order chi connectivity index (χ0) is 13.7. The summed E-state index contributed by atoms with van der Waals surface area (Å²) in [7, 11) is 0. The Morgan fingerprint density at radius 3 is 2.58 bits per heavy atom. The fourth-order valence-corrected chi connectivity index (χ4v) is 1.76. The third-order valence-corrected chi connectivity index (χ3v) is 2.83. The number of rotatable bonds is 5. The predicted molar refractivity (Wildman–Crippen MR) is 70.3 cm³/mol. The Kier molecular flexibility index (Phi) is 4.36. The lowest BCUT2D eigenvalue weighted by Gasteiger charge is -1.99. The van der Waals surface area contributed by atoms with Crippen molar-refractivity contribution in [2.45, 2.75) is 6.54 Å². The van der Waals surface area contributed by atoms with Gasteiger partial charge in [0.2, 0.25) is 18.1 Å². The molecule has 0 aliphatic rings. The molecule has 0 fully saturated rings. The average Bonchev–Trinajstić information content (AvgIpc) is 2.47. The Hall–Kier alpha value is -2.07. The van der Waals surface area contributed by atoms with Gasteiger partial charge in [0.15, 0.2) is 18.1 Å². The van der Waals surface area contributed by atoms with Gasteiger partial charge >= 0.3 is 0 Å². The summed E-state index contributed by atoms with van der Waals surface area (Å²) in [5, 5.41) is 0. The summed E-state index contributed by atoms with van der Waals surface area (Å²) in [6.07, 6.45) is 4.66. The molecule has 0 N–H and O–H groups in total. The van der Waals surface area contributed by atoms with Gasteiger partial charge < -0.3 is 0 Å². The molecule has 1 aromatic heterocycles. The van der Waals surface area contributed by atoms with Crippen molar-refractivity contribution < 1.29 is 14.2 Å². The molecular weight excluding hydrogens is 264 g/mol. The number of nitrogens with zero attached hydrogens (tertiary/aromatic N) is 2. The number of ketones is 2. The molecule has 5 heteroatoms. The maximum atomic E-state index is 12.0. The zero-order valence-corrected chi connectivity index (χ0v) is 10.9. The number of alkyl halides is 1. The molecule has 96 valence electrons. The summed E-state index contributed by atoms with van der Waals surface area (Å²) in [6, 6.07) is 9.00. The van der Waals surface area contributed by atoms with E-state index in [1.54, 1.807) is 22.9 Å². The second-order valence-corrected chi connectivity index (χ2v) is 4.23. The summed E-state index contributed by atoms with van der Waals surface area (Å²) in [4.78, 5) is 27.4. The van der Waals surface area contributed by atoms with Crippen LogP contribution in [0.4, 0.5) is 0 Å². The van der Waals surface area contributed by atoms with Crippen molar-refractivity contribution in [3.05, 3.63) is 60.2 Å². The third kappa shape index (κ3) is 3.45. The van der Waals surface area contributed by atoms with Crippen LogP contribution in [0.5, 0.6) is 0 Å². The van der Waals surface area contributed by atoms with E-state index in [4.69, 9.17) is 11.6 Å². The first-order valence-corrected chi connectivity index (χ1v) is 6.26. The Morgan fingerprint density at radius 1 is 1.16 bits per heavy atom. The molecule has 1 aromatic carbocycles. The lowest BCUT2D eigenvalue weighted by atomic mass is 10.1. The lowest BCUT2D eigenvalue weighted by Crippen LogP contribution is -2.38. The second kappa shape index (κ2) is 6.20. The van der Waals surface area contributed by atoms with E-state index in [-0.39, 0.29) is 29.7 Å². The lowest BCUT2D eigenvalue weighted by molar-refractivity contribution is -0.683. The summed E-state index contributed by atoms with van der Waals surface area (Å²) < 4.78 is 1.63. The molecule has 19 heavy (non-hydrogen) atoms. The molecule has 4 nitrogen and oxygen atoms in total. The van der Waals surface area contributed by atoms with E-state index in [0.29, 0.717) is 5.56 Å². The van der Waals surface area contributed by atoms with Crippen molar-refractivity contribution in [3.63, 3.8) is 0 Å². The molecule has 0 saturated carbocycles. The van der Waals surface area contributed by atoms with Crippen LogP contribution < -0.4 is 4.57 Å². The van der Waals surface area contributed by atoms with Gasteiger partial charge in [-0.3, -0.25) is 9.59 Å². The van der Waals surface area contributed by atoms with Gasteiger partial charge in [0.25, 0.3) is 0 Å². The summed E-state index contributed by atoms with van der Waals surface area (Å²) in [5.74, 6) is -0.409. The zero-order valence-electron chi connectivity index (χ0n) is 10.1. The highest BCUT2D eigenvalue weighted by Gasteiger charge is 2.15. The van der Waals surface area contributed by atoms with Crippen molar-refractivity contribution in [2.75, 3.05) is 5.88 Å². The van der Waals surface area contributed by atoms with Gasteiger partial charge in [0.1, 0.15) is 0 Å². The molecule has 2 rings (SSSR count).